The van der Waals surface area contributed by atoms with Crippen molar-refractivity contribution >= 4 is 0 Å². The molecule has 0 aliphatic carbocycles. The molecule has 1 aromatic heterocycles. The molecule has 0 aliphatic rings. The van der Waals surface area contributed by atoms with Crippen molar-refractivity contribution in [3.05, 3.63) is 29.6 Å². The Hall–Kier alpha value is -1.10. The van der Waals surface area contributed by atoms with Crippen LogP contribution in [0.15, 0.2) is 18.3 Å². The molecular formula is C13H21F3N2. The molecule has 0 bridgehead atoms. The number of pyridine rings is 1. The minimum absolute atomic E-state index is 0.0139. The Labute approximate surface area is 107 Å². The second-order valence-electron chi connectivity index (χ2n) is 3.88. The minimum Gasteiger partial charge on any atom is -0.317 e. The molecule has 2 nitrogen and oxygen atoms in total. The van der Waals surface area contributed by atoms with Gasteiger partial charge in [0.2, 0.25) is 0 Å². The highest BCUT2D eigenvalue weighted by atomic mass is 19.4. The number of alkyl halides is 3. The summed E-state index contributed by atoms with van der Waals surface area (Å²) in [7, 11) is 0. The van der Waals surface area contributed by atoms with E-state index in [2.05, 4.69) is 24.1 Å². The lowest BCUT2D eigenvalue weighted by Gasteiger charge is -2.07. The lowest BCUT2D eigenvalue weighted by molar-refractivity contribution is -0.138. The molecule has 1 N–H and O–H groups in total. The fourth-order valence-corrected chi connectivity index (χ4v) is 1.26. The van der Waals surface area contributed by atoms with Gasteiger partial charge in [-0.3, -0.25) is 4.98 Å². The molecule has 5 heteroatoms. The zero-order chi connectivity index (χ0) is 14.0. The van der Waals surface area contributed by atoms with Gasteiger partial charge < -0.3 is 5.32 Å². The van der Waals surface area contributed by atoms with Crippen LogP contribution < -0.4 is 5.32 Å². The average Bonchev–Trinajstić information content (AvgIpc) is 2.30. The van der Waals surface area contributed by atoms with Crippen LogP contribution in [0.5, 0.6) is 0 Å². The number of rotatable bonds is 4. The predicted molar refractivity (Wildman–Crippen MR) is 67.4 cm³/mol. The first kappa shape index (κ1) is 16.9. The molecule has 1 rings (SSSR count). The molecule has 0 atom stereocenters. The molecule has 18 heavy (non-hydrogen) atoms. The molecule has 0 saturated carbocycles. The van der Waals surface area contributed by atoms with Crippen molar-refractivity contribution < 1.29 is 13.2 Å². The first-order valence-electron chi connectivity index (χ1n) is 6.13. The van der Waals surface area contributed by atoms with E-state index in [0.717, 1.165) is 6.07 Å². The van der Waals surface area contributed by atoms with Crippen molar-refractivity contribution in [2.24, 2.45) is 0 Å². The van der Waals surface area contributed by atoms with Crippen LogP contribution in [-0.2, 0) is 6.18 Å². The van der Waals surface area contributed by atoms with Gasteiger partial charge in [0.1, 0.15) is 0 Å². The second kappa shape index (κ2) is 8.91. The highest BCUT2D eigenvalue weighted by Gasteiger charge is 2.32. The van der Waals surface area contributed by atoms with E-state index in [9.17, 15) is 13.2 Å². The van der Waals surface area contributed by atoms with Crippen molar-refractivity contribution in [1.29, 1.82) is 0 Å². The fraction of sp³-hybridized carbons (Fsp3) is 0.615. The van der Waals surface area contributed by atoms with Gasteiger partial charge in [-0.1, -0.05) is 13.8 Å². The number of aromatic nitrogens is 1. The van der Waals surface area contributed by atoms with Crippen LogP contribution in [0.25, 0.3) is 0 Å². The standard InChI is InChI=1S/C7H6F3N.C6H15N/c1-5-6(7(8,9)10)3-2-4-11-5;1-3-5-7-6-4-2/h2-4H,1H3;7H,3-6H2,1-2H3. The van der Waals surface area contributed by atoms with Crippen molar-refractivity contribution in [2.75, 3.05) is 13.1 Å². The Morgan fingerprint density at radius 2 is 1.72 bits per heavy atom. The molecule has 0 saturated heterocycles. The van der Waals surface area contributed by atoms with Crippen molar-refractivity contribution in [1.82, 2.24) is 10.3 Å². The van der Waals surface area contributed by atoms with Crippen molar-refractivity contribution in [3.63, 3.8) is 0 Å². The number of nitrogens with one attached hydrogen (secondary N) is 1. The van der Waals surface area contributed by atoms with E-state index in [0.29, 0.717) is 0 Å². The molecule has 0 unspecified atom stereocenters. The Kier molecular flexibility index (Phi) is 8.37. The van der Waals surface area contributed by atoms with Crippen molar-refractivity contribution in [3.8, 4) is 0 Å². The summed E-state index contributed by atoms with van der Waals surface area (Å²) in [5, 5.41) is 3.28. The summed E-state index contributed by atoms with van der Waals surface area (Å²) in [6.45, 7) is 8.05. The molecule has 0 aliphatic heterocycles. The van der Waals surface area contributed by atoms with Crippen LogP contribution >= 0.6 is 0 Å². The minimum atomic E-state index is -4.28. The quantitative estimate of drug-likeness (QED) is 0.835. The van der Waals surface area contributed by atoms with Crippen LogP contribution in [0.3, 0.4) is 0 Å². The number of halogens is 3. The molecule has 104 valence electrons. The molecule has 1 heterocycles. The van der Waals surface area contributed by atoms with Gasteiger partial charge in [-0.15, -0.1) is 0 Å². The van der Waals surface area contributed by atoms with E-state index in [1.165, 1.54) is 45.1 Å². The molecule has 0 amide bonds. The average molecular weight is 262 g/mol. The predicted octanol–water partition coefficient (Wildman–Crippen LogP) is 3.80. The third kappa shape index (κ3) is 7.27. The van der Waals surface area contributed by atoms with Crippen LogP contribution in [0.4, 0.5) is 13.2 Å². The van der Waals surface area contributed by atoms with Gasteiger partial charge in [-0.25, -0.2) is 0 Å². The maximum absolute atomic E-state index is 12.0. The summed E-state index contributed by atoms with van der Waals surface area (Å²) in [6.07, 6.45) is -0.442. The van der Waals surface area contributed by atoms with Gasteiger partial charge in [-0.2, -0.15) is 13.2 Å². The molecule has 0 aromatic carbocycles. The van der Waals surface area contributed by atoms with Gasteiger partial charge >= 0.3 is 6.18 Å². The maximum atomic E-state index is 12.0. The van der Waals surface area contributed by atoms with Gasteiger partial charge in [0.15, 0.2) is 0 Å². The molecule has 0 spiro atoms. The molecule has 0 fully saturated rings. The monoisotopic (exact) mass is 262 g/mol. The normalized spacial score (nSPS) is 10.8. The van der Waals surface area contributed by atoms with Gasteiger partial charge in [0.25, 0.3) is 0 Å². The second-order valence-corrected chi connectivity index (χ2v) is 3.88. The third-order valence-corrected chi connectivity index (χ3v) is 2.17. The van der Waals surface area contributed by atoms with E-state index in [1.54, 1.807) is 0 Å². The first-order valence-corrected chi connectivity index (χ1v) is 6.13. The number of hydrogen-bond acceptors (Lipinski definition) is 2. The van der Waals surface area contributed by atoms with Crippen LogP contribution in [0.2, 0.25) is 0 Å². The zero-order valence-electron chi connectivity index (χ0n) is 11.1. The van der Waals surface area contributed by atoms with Crippen LogP contribution in [0, 0.1) is 6.92 Å². The summed E-state index contributed by atoms with van der Waals surface area (Å²) in [5.41, 5.74) is -0.653. The molecule has 1 aromatic rings. The molecule has 0 radical (unpaired) electrons. The summed E-state index contributed by atoms with van der Waals surface area (Å²) in [6, 6.07) is 2.29. The van der Waals surface area contributed by atoms with Crippen LogP contribution in [0.1, 0.15) is 37.9 Å². The Bertz CT molecular complexity index is 320. The smallest absolute Gasteiger partial charge is 0.317 e. The highest BCUT2D eigenvalue weighted by Crippen LogP contribution is 2.30. The van der Waals surface area contributed by atoms with Crippen molar-refractivity contribution in [2.45, 2.75) is 39.8 Å². The first-order chi connectivity index (χ1) is 8.43. The van der Waals surface area contributed by atoms with E-state index >= 15 is 0 Å². The summed E-state index contributed by atoms with van der Waals surface area (Å²) in [4.78, 5) is 3.53. The SMILES string of the molecule is CCCNCCC.Cc1ncccc1C(F)(F)F. The molecular weight excluding hydrogens is 241 g/mol. The van der Waals surface area contributed by atoms with E-state index in [1.807, 2.05) is 0 Å². The largest absolute Gasteiger partial charge is 0.418 e. The Morgan fingerprint density at radius 1 is 1.17 bits per heavy atom. The Morgan fingerprint density at radius 3 is 2.06 bits per heavy atom. The third-order valence-electron chi connectivity index (χ3n) is 2.17. The summed E-state index contributed by atoms with van der Waals surface area (Å²) < 4.78 is 36.0. The van der Waals surface area contributed by atoms with E-state index < -0.39 is 11.7 Å². The highest BCUT2D eigenvalue weighted by molar-refractivity contribution is 5.21. The topological polar surface area (TPSA) is 24.9 Å². The Balaban J connectivity index is 0.000000360. The summed E-state index contributed by atoms with van der Waals surface area (Å²) in [5.74, 6) is 0. The van der Waals surface area contributed by atoms with Gasteiger partial charge in [0.05, 0.1) is 5.56 Å². The lowest BCUT2D eigenvalue weighted by Crippen LogP contribution is -2.14. The lowest BCUT2D eigenvalue weighted by atomic mass is 10.2. The summed E-state index contributed by atoms with van der Waals surface area (Å²) >= 11 is 0. The van der Waals surface area contributed by atoms with Crippen LogP contribution in [-0.4, -0.2) is 18.1 Å². The van der Waals surface area contributed by atoms with Gasteiger partial charge in [-0.05, 0) is 45.0 Å². The number of hydrogen-bond donors (Lipinski definition) is 1. The van der Waals surface area contributed by atoms with E-state index in [-0.39, 0.29) is 5.69 Å². The van der Waals surface area contributed by atoms with Gasteiger partial charge in [0, 0.05) is 11.9 Å². The zero-order valence-corrected chi connectivity index (χ0v) is 11.1. The number of nitrogens with zero attached hydrogens (tertiary/aromatic N) is 1. The maximum Gasteiger partial charge on any atom is 0.418 e. The van der Waals surface area contributed by atoms with E-state index in [4.69, 9.17) is 0 Å². The fourth-order valence-electron chi connectivity index (χ4n) is 1.26. The number of aryl methyl sites for hydroxylation is 1.